The molecular formula is C21H21NO4. The minimum Gasteiger partial charge on any atom is -0.447 e. The highest BCUT2D eigenvalue weighted by Gasteiger charge is 2.46. The number of hydrogen-bond acceptors (Lipinski definition) is 4. The van der Waals surface area contributed by atoms with E-state index >= 15 is 0 Å². The monoisotopic (exact) mass is 351 g/mol. The SMILES string of the molecule is O=C1OC[C@H](Cc2ccccc2)N1C(=O)[C@H](Cc1ccccc1)C1CO1. The molecule has 134 valence electrons. The zero-order valence-electron chi connectivity index (χ0n) is 14.4. The second-order valence-corrected chi connectivity index (χ2v) is 6.80. The quantitative estimate of drug-likeness (QED) is 0.751. The zero-order chi connectivity index (χ0) is 17.9. The summed E-state index contributed by atoms with van der Waals surface area (Å²) in [4.78, 5) is 26.8. The van der Waals surface area contributed by atoms with Gasteiger partial charge in [-0.2, -0.15) is 0 Å². The van der Waals surface area contributed by atoms with Crippen LogP contribution in [0.25, 0.3) is 0 Å². The number of imide groups is 1. The number of cyclic esters (lactones) is 1. The fourth-order valence-electron chi connectivity index (χ4n) is 3.48. The maximum Gasteiger partial charge on any atom is 0.416 e. The fraction of sp³-hybridized carbons (Fsp3) is 0.333. The molecule has 2 saturated heterocycles. The average Bonchev–Trinajstić information content (AvgIpc) is 3.45. The molecule has 2 aromatic carbocycles. The van der Waals surface area contributed by atoms with E-state index in [9.17, 15) is 9.59 Å². The van der Waals surface area contributed by atoms with Gasteiger partial charge in [-0.05, 0) is 24.0 Å². The van der Waals surface area contributed by atoms with Gasteiger partial charge in [0.1, 0.15) is 6.61 Å². The molecule has 0 bridgehead atoms. The summed E-state index contributed by atoms with van der Waals surface area (Å²) in [6, 6.07) is 19.4. The van der Waals surface area contributed by atoms with Crippen molar-refractivity contribution < 1.29 is 19.1 Å². The number of ether oxygens (including phenoxy) is 2. The molecule has 4 rings (SSSR count). The minimum atomic E-state index is -0.547. The summed E-state index contributed by atoms with van der Waals surface area (Å²) in [6.07, 6.45) is 0.497. The van der Waals surface area contributed by atoms with Crippen molar-refractivity contribution in [2.45, 2.75) is 25.0 Å². The van der Waals surface area contributed by atoms with Gasteiger partial charge in [0.2, 0.25) is 5.91 Å². The lowest BCUT2D eigenvalue weighted by Crippen LogP contribution is -2.45. The number of rotatable bonds is 6. The Bertz CT molecular complexity index is 773. The van der Waals surface area contributed by atoms with Crippen LogP contribution in [0.2, 0.25) is 0 Å². The molecule has 1 unspecified atom stereocenters. The average molecular weight is 351 g/mol. The second kappa shape index (κ2) is 7.30. The molecule has 2 heterocycles. The summed E-state index contributed by atoms with van der Waals surface area (Å²) in [6.45, 7) is 0.804. The standard InChI is InChI=1S/C21H21NO4/c23-20(18(19-14-25-19)12-16-9-5-2-6-10-16)22-17(13-26-21(22)24)11-15-7-3-1-4-8-15/h1-10,17-19H,11-14H2/t17-,18+,19?/m0/s1. The van der Waals surface area contributed by atoms with Crippen molar-refractivity contribution in [3.8, 4) is 0 Å². The zero-order valence-corrected chi connectivity index (χ0v) is 14.4. The van der Waals surface area contributed by atoms with Crippen molar-refractivity contribution >= 4 is 12.0 Å². The molecule has 5 nitrogen and oxygen atoms in total. The molecule has 0 radical (unpaired) electrons. The van der Waals surface area contributed by atoms with Crippen LogP contribution in [0.4, 0.5) is 4.79 Å². The number of hydrogen-bond donors (Lipinski definition) is 0. The molecule has 2 aliphatic heterocycles. The Balaban J connectivity index is 1.52. The lowest BCUT2D eigenvalue weighted by Gasteiger charge is -2.24. The molecule has 0 aliphatic carbocycles. The topological polar surface area (TPSA) is 59.1 Å². The first kappa shape index (κ1) is 16.8. The van der Waals surface area contributed by atoms with Crippen LogP contribution in [-0.2, 0) is 27.1 Å². The number of epoxide rings is 1. The van der Waals surface area contributed by atoms with Gasteiger partial charge in [-0.1, -0.05) is 60.7 Å². The minimum absolute atomic E-state index is 0.117. The molecule has 0 aromatic heterocycles. The van der Waals surface area contributed by atoms with Crippen LogP contribution in [0, 0.1) is 5.92 Å². The molecule has 0 N–H and O–H groups in total. The van der Waals surface area contributed by atoms with E-state index in [1.165, 1.54) is 4.90 Å². The largest absolute Gasteiger partial charge is 0.447 e. The summed E-state index contributed by atoms with van der Waals surface area (Å²) >= 11 is 0. The van der Waals surface area contributed by atoms with E-state index in [2.05, 4.69) is 0 Å². The van der Waals surface area contributed by atoms with Crippen LogP contribution < -0.4 is 0 Å². The Labute approximate surface area is 152 Å². The van der Waals surface area contributed by atoms with Gasteiger partial charge in [-0.25, -0.2) is 9.69 Å². The molecule has 5 heteroatoms. The first-order chi connectivity index (χ1) is 12.7. The van der Waals surface area contributed by atoms with Crippen molar-refractivity contribution in [1.82, 2.24) is 4.90 Å². The van der Waals surface area contributed by atoms with E-state index in [4.69, 9.17) is 9.47 Å². The van der Waals surface area contributed by atoms with Crippen LogP contribution in [0.1, 0.15) is 11.1 Å². The molecule has 2 fully saturated rings. The molecule has 3 atom stereocenters. The Morgan fingerprint density at radius 3 is 2.23 bits per heavy atom. The Morgan fingerprint density at radius 1 is 1.00 bits per heavy atom. The molecule has 2 amide bonds. The lowest BCUT2D eigenvalue weighted by molar-refractivity contribution is -0.134. The van der Waals surface area contributed by atoms with Gasteiger partial charge in [0.25, 0.3) is 0 Å². The van der Waals surface area contributed by atoms with E-state index in [-0.39, 0.29) is 30.6 Å². The van der Waals surface area contributed by atoms with Crippen LogP contribution in [0.5, 0.6) is 0 Å². The van der Waals surface area contributed by atoms with Crippen LogP contribution in [0.15, 0.2) is 60.7 Å². The molecule has 2 aromatic rings. The van der Waals surface area contributed by atoms with Crippen molar-refractivity contribution in [1.29, 1.82) is 0 Å². The molecular weight excluding hydrogens is 330 g/mol. The number of carbonyl (C=O) groups is 2. The molecule has 0 saturated carbocycles. The van der Waals surface area contributed by atoms with Gasteiger partial charge >= 0.3 is 6.09 Å². The van der Waals surface area contributed by atoms with Crippen molar-refractivity contribution in [3.05, 3.63) is 71.8 Å². The van der Waals surface area contributed by atoms with Gasteiger partial charge < -0.3 is 9.47 Å². The van der Waals surface area contributed by atoms with Gasteiger partial charge in [-0.15, -0.1) is 0 Å². The highest BCUT2D eigenvalue weighted by Crippen LogP contribution is 2.29. The van der Waals surface area contributed by atoms with E-state index in [0.717, 1.165) is 11.1 Å². The van der Waals surface area contributed by atoms with Crippen molar-refractivity contribution in [3.63, 3.8) is 0 Å². The first-order valence-electron chi connectivity index (χ1n) is 8.91. The smallest absolute Gasteiger partial charge is 0.416 e. The fourth-order valence-corrected chi connectivity index (χ4v) is 3.48. The number of amides is 2. The van der Waals surface area contributed by atoms with Gasteiger partial charge in [0.15, 0.2) is 0 Å². The summed E-state index contributed by atoms with van der Waals surface area (Å²) in [5.74, 6) is -0.555. The predicted molar refractivity (Wildman–Crippen MR) is 95.5 cm³/mol. The van der Waals surface area contributed by atoms with E-state index < -0.39 is 6.09 Å². The molecule has 26 heavy (non-hydrogen) atoms. The van der Waals surface area contributed by atoms with Crippen LogP contribution in [-0.4, -0.2) is 42.3 Å². The summed E-state index contributed by atoms with van der Waals surface area (Å²) in [5.41, 5.74) is 2.14. The Morgan fingerprint density at radius 2 is 1.62 bits per heavy atom. The second-order valence-electron chi connectivity index (χ2n) is 6.80. The van der Waals surface area contributed by atoms with Crippen LogP contribution >= 0.6 is 0 Å². The number of carbonyl (C=O) groups excluding carboxylic acids is 2. The third-order valence-corrected chi connectivity index (χ3v) is 4.94. The highest BCUT2D eigenvalue weighted by atomic mass is 16.6. The van der Waals surface area contributed by atoms with Crippen molar-refractivity contribution in [2.75, 3.05) is 13.2 Å². The van der Waals surface area contributed by atoms with E-state index in [1.54, 1.807) is 0 Å². The summed E-state index contributed by atoms with van der Waals surface area (Å²) in [7, 11) is 0. The van der Waals surface area contributed by atoms with Gasteiger partial charge in [0, 0.05) is 0 Å². The summed E-state index contributed by atoms with van der Waals surface area (Å²) in [5, 5.41) is 0. The third-order valence-electron chi connectivity index (χ3n) is 4.94. The normalized spacial score (nSPS) is 22.8. The van der Waals surface area contributed by atoms with E-state index in [0.29, 0.717) is 19.4 Å². The summed E-state index contributed by atoms with van der Waals surface area (Å²) < 4.78 is 10.6. The van der Waals surface area contributed by atoms with Gasteiger partial charge in [0.05, 0.1) is 24.7 Å². The Kier molecular flexibility index (Phi) is 4.71. The molecule has 2 aliphatic rings. The number of benzene rings is 2. The molecule has 0 spiro atoms. The highest BCUT2D eigenvalue weighted by molar-refractivity contribution is 5.95. The predicted octanol–water partition coefficient (Wildman–Crippen LogP) is 2.83. The first-order valence-corrected chi connectivity index (χ1v) is 8.91. The maximum absolute atomic E-state index is 13.2. The van der Waals surface area contributed by atoms with Crippen LogP contribution in [0.3, 0.4) is 0 Å². The number of nitrogens with zero attached hydrogens (tertiary/aromatic N) is 1. The van der Waals surface area contributed by atoms with Crippen molar-refractivity contribution in [2.24, 2.45) is 5.92 Å². The third kappa shape index (κ3) is 3.63. The lowest BCUT2D eigenvalue weighted by atomic mass is 9.94. The Hall–Kier alpha value is -2.66. The maximum atomic E-state index is 13.2. The van der Waals surface area contributed by atoms with Gasteiger partial charge in [-0.3, -0.25) is 4.79 Å². The van der Waals surface area contributed by atoms with E-state index in [1.807, 2.05) is 60.7 Å².